The van der Waals surface area contributed by atoms with E-state index in [1.54, 1.807) is 37.9 Å². The number of aryl methyl sites for hydroxylation is 1. The van der Waals surface area contributed by atoms with Crippen molar-refractivity contribution in [1.82, 2.24) is 19.5 Å². The number of aromatic nitrogens is 4. The Balaban J connectivity index is 2.06. The van der Waals surface area contributed by atoms with Gasteiger partial charge in [0.25, 0.3) is 0 Å². The van der Waals surface area contributed by atoms with Crippen LogP contribution in [-0.2, 0) is 17.8 Å². The normalized spacial score (nSPS) is 10.4. The Kier molecular flexibility index (Phi) is 3.59. The molecule has 0 bridgehead atoms. The number of rotatable bonds is 5. The summed E-state index contributed by atoms with van der Waals surface area (Å²) in [5, 5.41) is 0. The fourth-order valence-corrected chi connectivity index (χ4v) is 1.57. The fraction of sp³-hybridized carbons (Fsp3) is 0.333. The highest BCUT2D eigenvalue weighted by atomic mass is 16.1. The number of imidazole rings is 1. The van der Waals surface area contributed by atoms with E-state index < -0.39 is 0 Å². The molecule has 2 rings (SSSR count). The van der Waals surface area contributed by atoms with Crippen molar-refractivity contribution in [3.63, 3.8) is 0 Å². The summed E-state index contributed by atoms with van der Waals surface area (Å²) in [6.07, 6.45) is 8.21. The van der Waals surface area contributed by atoms with Crippen molar-refractivity contribution in [2.24, 2.45) is 0 Å². The largest absolute Gasteiger partial charge is 0.327 e. The molecule has 2 aromatic rings. The number of carbonyl (C=O) groups excluding carboxylic acids is 1. The molecule has 0 atom stereocenters. The minimum atomic E-state index is 0.189. The summed E-state index contributed by atoms with van der Waals surface area (Å²) in [5.41, 5.74) is 1.03. The Labute approximate surface area is 99.6 Å². The standard InChI is InChI=1S/C12H14N4O/c1-10(17)3-4-11-7-13-9-16(11)8-12-14-5-2-6-15-12/h2,5-7,9H,3-4,8H2,1H3. The zero-order valence-corrected chi connectivity index (χ0v) is 9.71. The lowest BCUT2D eigenvalue weighted by Crippen LogP contribution is -2.07. The Morgan fingerprint density at radius 2 is 2.12 bits per heavy atom. The van der Waals surface area contributed by atoms with E-state index in [1.165, 1.54) is 0 Å². The van der Waals surface area contributed by atoms with Crippen LogP contribution in [-0.4, -0.2) is 25.3 Å². The first-order chi connectivity index (χ1) is 8.25. The van der Waals surface area contributed by atoms with Crippen LogP contribution in [0.15, 0.2) is 31.0 Å². The van der Waals surface area contributed by atoms with Gasteiger partial charge in [0.1, 0.15) is 11.6 Å². The molecule has 0 N–H and O–H groups in total. The average Bonchev–Trinajstić information content (AvgIpc) is 2.75. The van der Waals surface area contributed by atoms with Gasteiger partial charge in [-0.25, -0.2) is 15.0 Å². The van der Waals surface area contributed by atoms with E-state index in [2.05, 4.69) is 15.0 Å². The molecule has 88 valence electrons. The van der Waals surface area contributed by atoms with Crippen LogP contribution >= 0.6 is 0 Å². The maximum Gasteiger partial charge on any atom is 0.147 e. The summed E-state index contributed by atoms with van der Waals surface area (Å²) in [4.78, 5) is 23.4. The van der Waals surface area contributed by atoms with E-state index in [4.69, 9.17) is 0 Å². The van der Waals surface area contributed by atoms with E-state index in [0.29, 0.717) is 19.4 Å². The van der Waals surface area contributed by atoms with Crippen LogP contribution in [0, 0.1) is 0 Å². The zero-order valence-electron chi connectivity index (χ0n) is 9.71. The highest BCUT2D eigenvalue weighted by Crippen LogP contribution is 2.05. The Bertz CT molecular complexity index is 492. The molecule has 17 heavy (non-hydrogen) atoms. The topological polar surface area (TPSA) is 60.7 Å². The summed E-state index contributed by atoms with van der Waals surface area (Å²) in [6, 6.07) is 1.79. The van der Waals surface area contributed by atoms with E-state index in [9.17, 15) is 4.79 Å². The second-order valence-corrected chi connectivity index (χ2v) is 3.88. The number of hydrogen-bond donors (Lipinski definition) is 0. The molecule has 0 radical (unpaired) electrons. The molecule has 0 unspecified atom stereocenters. The van der Waals surface area contributed by atoms with Gasteiger partial charge in [-0.3, -0.25) is 0 Å². The second-order valence-electron chi connectivity index (χ2n) is 3.88. The van der Waals surface area contributed by atoms with E-state index in [0.717, 1.165) is 11.5 Å². The fourth-order valence-electron chi connectivity index (χ4n) is 1.57. The van der Waals surface area contributed by atoms with Gasteiger partial charge in [0.05, 0.1) is 12.9 Å². The molecular weight excluding hydrogens is 216 g/mol. The van der Waals surface area contributed by atoms with Gasteiger partial charge in [-0.15, -0.1) is 0 Å². The highest BCUT2D eigenvalue weighted by molar-refractivity contribution is 5.75. The Morgan fingerprint density at radius 3 is 2.82 bits per heavy atom. The molecule has 0 aliphatic heterocycles. The van der Waals surface area contributed by atoms with Crippen LogP contribution in [0.2, 0.25) is 0 Å². The third-order valence-electron chi connectivity index (χ3n) is 2.46. The molecule has 0 aromatic carbocycles. The highest BCUT2D eigenvalue weighted by Gasteiger charge is 2.05. The van der Waals surface area contributed by atoms with Gasteiger partial charge in [0.2, 0.25) is 0 Å². The van der Waals surface area contributed by atoms with Gasteiger partial charge >= 0.3 is 0 Å². The molecule has 0 aliphatic carbocycles. The molecule has 5 heteroatoms. The molecule has 0 fully saturated rings. The van der Waals surface area contributed by atoms with Crippen molar-refractivity contribution < 1.29 is 4.79 Å². The molecule has 2 heterocycles. The third kappa shape index (κ3) is 3.21. The second kappa shape index (κ2) is 5.34. The van der Waals surface area contributed by atoms with Crippen molar-refractivity contribution in [3.8, 4) is 0 Å². The monoisotopic (exact) mass is 230 g/mol. The van der Waals surface area contributed by atoms with E-state index in [-0.39, 0.29) is 5.78 Å². The summed E-state index contributed by atoms with van der Waals surface area (Å²) >= 11 is 0. The van der Waals surface area contributed by atoms with Crippen LogP contribution in [0.25, 0.3) is 0 Å². The summed E-state index contributed by atoms with van der Waals surface area (Å²) in [7, 11) is 0. The summed E-state index contributed by atoms with van der Waals surface area (Å²) < 4.78 is 1.97. The number of nitrogens with zero attached hydrogens (tertiary/aromatic N) is 4. The smallest absolute Gasteiger partial charge is 0.147 e. The quantitative estimate of drug-likeness (QED) is 0.775. The molecular formula is C12H14N4O. The van der Waals surface area contributed by atoms with Gasteiger partial charge in [-0.05, 0) is 19.4 Å². The van der Waals surface area contributed by atoms with Crippen LogP contribution < -0.4 is 0 Å². The van der Waals surface area contributed by atoms with Gasteiger partial charge in [0, 0.05) is 30.7 Å². The van der Waals surface area contributed by atoms with E-state index in [1.807, 2.05) is 4.57 Å². The van der Waals surface area contributed by atoms with Crippen molar-refractivity contribution >= 4 is 5.78 Å². The third-order valence-corrected chi connectivity index (χ3v) is 2.46. The van der Waals surface area contributed by atoms with Crippen molar-refractivity contribution in [2.75, 3.05) is 0 Å². The van der Waals surface area contributed by atoms with Gasteiger partial charge < -0.3 is 9.36 Å². The van der Waals surface area contributed by atoms with Crippen molar-refractivity contribution in [1.29, 1.82) is 0 Å². The lowest BCUT2D eigenvalue weighted by atomic mass is 10.2. The Morgan fingerprint density at radius 1 is 1.35 bits per heavy atom. The van der Waals surface area contributed by atoms with Gasteiger partial charge in [-0.1, -0.05) is 0 Å². The maximum absolute atomic E-state index is 11.0. The molecule has 0 spiro atoms. The maximum atomic E-state index is 11.0. The minimum Gasteiger partial charge on any atom is -0.327 e. The molecule has 0 saturated carbocycles. The SMILES string of the molecule is CC(=O)CCc1cncn1Cc1ncccn1. The zero-order chi connectivity index (χ0) is 12.1. The van der Waals surface area contributed by atoms with Gasteiger partial charge in [0.15, 0.2) is 0 Å². The van der Waals surface area contributed by atoms with Crippen LogP contribution in [0.4, 0.5) is 0 Å². The summed E-state index contributed by atoms with van der Waals surface area (Å²) in [5.74, 6) is 0.934. The molecule has 0 aliphatic rings. The lowest BCUT2D eigenvalue weighted by molar-refractivity contribution is -0.117. The number of carbonyl (C=O) groups is 1. The van der Waals surface area contributed by atoms with Crippen molar-refractivity contribution in [2.45, 2.75) is 26.3 Å². The molecule has 0 amide bonds. The van der Waals surface area contributed by atoms with Crippen LogP contribution in [0.5, 0.6) is 0 Å². The van der Waals surface area contributed by atoms with Crippen LogP contribution in [0.1, 0.15) is 24.9 Å². The summed E-state index contributed by atoms with van der Waals surface area (Å²) in [6.45, 7) is 2.19. The van der Waals surface area contributed by atoms with Crippen molar-refractivity contribution in [3.05, 3.63) is 42.5 Å². The molecule has 2 aromatic heterocycles. The first-order valence-corrected chi connectivity index (χ1v) is 5.50. The Hall–Kier alpha value is -2.04. The predicted molar refractivity (Wildman–Crippen MR) is 62.4 cm³/mol. The number of ketones is 1. The number of Topliss-reactive ketones (excluding diaryl/α,β-unsaturated/α-hetero) is 1. The first-order valence-electron chi connectivity index (χ1n) is 5.50. The van der Waals surface area contributed by atoms with Gasteiger partial charge in [-0.2, -0.15) is 0 Å². The molecule has 5 nitrogen and oxygen atoms in total. The number of hydrogen-bond acceptors (Lipinski definition) is 4. The van der Waals surface area contributed by atoms with Crippen LogP contribution in [0.3, 0.4) is 0 Å². The first kappa shape index (κ1) is 11.4. The predicted octanol–water partition coefficient (Wildman–Crippen LogP) is 1.24. The van der Waals surface area contributed by atoms with E-state index >= 15 is 0 Å². The molecule has 0 saturated heterocycles. The average molecular weight is 230 g/mol. The minimum absolute atomic E-state index is 0.189. The lowest BCUT2D eigenvalue weighted by Gasteiger charge is -2.05.